The Balaban J connectivity index is 2.13. The molecule has 1 heterocycles. The van der Waals surface area contributed by atoms with Gasteiger partial charge in [-0.15, -0.1) is 0 Å². The standard InChI is InChI=1S/C16H15Cl2N3/c1-16(13-7-2-3-8-14(13)18)10-20-15(19)21(16)12-6-4-5-11(17)9-12/h2-9H,10H2,1H3,(H2,19,20). The van der Waals surface area contributed by atoms with Crippen molar-refractivity contribution in [2.75, 3.05) is 11.4 Å². The zero-order valence-corrected chi connectivity index (χ0v) is 13.1. The number of nitrogens with zero attached hydrogens (tertiary/aromatic N) is 2. The summed E-state index contributed by atoms with van der Waals surface area (Å²) in [5, 5.41) is 1.37. The highest BCUT2D eigenvalue weighted by atomic mass is 35.5. The van der Waals surface area contributed by atoms with Gasteiger partial charge >= 0.3 is 0 Å². The summed E-state index contributed by atoms with van der Waals surface area (Å²) in [6, 6.07) is 15.4. The van der Waals surface area contributed by atoms with E-state index in [0.29, 0.717) is 22.5 Å². The van der Waals surface area contributed by atoms with Crippen LogP contribution in [-0.4, -0.2) is 12.5 Å². The summed E-state index contributed by atoms with van der Waals surface area (Å²) in [5.41, 5.74) is 7.59. The highest BCUT2D eigenvalue weighted by molar-refractivity contribution is 6.31. The smallest absolute Gasteiger partial charge is 0.196 e. The fraction of sp³-hybridized carbons (Fsp3) is 0.188. The maximum absolute atomic E-state index is 6.38. The molecule has 1 aliphatic rings. The summed E-state index contributed by atoms with van der Waals surface area (Å²) in [6.07, 6.45) is 0. The van der Waals surface area contributed by atoms with Crippen LogP contribution in [0.15, 0.2) is 53.5 Å². The topological polar surface area (TPSA) is 41.6 Å². The van der Waals surface area contributed by atoms with Crippen LogP contribution in [0.3, 0.4) is 0 Å². The Morgan fingerprint density at radius 3 is 2.62 bits per heavy atom. The Hall–Kier alpha value is -1.71. The fourth-order valence-electron chi connectivity index (χ4n) is 2.77. The summed E-state index contributed by atoms with van der Waals surface area (Å²) in [6.45, 7) is 2.63. The minimum Gasteiger partial charge on any atom is -0.369 e. The highest BCUT2D eigenvalue weighted by Crippen LogP contribution is 2.40. The first-order valence-electron chi connectivity index (χ1n) is 6.63. The molecule has 2 aromatic carbocycles. The van der Waals surface area contributed by atoms with Gasteiger partial charge in [-0.05, 0) is 36.8 Å². The van der Waals surface area contributed by atoms with Gasteiger partial charge in [0.2, 0.25) is 0 Å². The number of halogens is 2. The number of hydrogen-bond donors (Lipinski definition) is 1. The van der Waals surface area contributed by atoms with Gasteiger partial charge in [0.05, 0.1) is 12.1 Å². The van der Waals surface area contributed by atoms with Crippen LogP contribution in [0.2, 0.25) is 10.0 Å². The first-order valence-corrected chi connectivity index (χ1v) is 7.39. The molecule has 1 unspecified atom stereocenters. The number of anilines is 1. The second-order valence-electron chi connectivity index (χ2n) is 5.24. The maximum atomic E-state index is 6.38. The average molecular weight is 320 g/mol. The van der Waals surface area contributed by atoms with E-state index < -0.39 is 5.54 Å². The average Bonchev–Trinajstić information content (AvgIpc) is 2.76. The van der Waals surface area contributed by atoms with Gasteiger partial charge in [0.15, 0.2) is 5.96 Å². The van der Waals surface area contributed by atoms with Gasteiger partial charge < -0.3 is 10.6 Å². The van der Waals surface area contributed by atoms with Crippen molar-refractivity contribution in [1.29, 1.82) is 0 Å². The normalized spacial score (nSPS) is 21.5. The number of guanidine groups is 1. The largest absolute Gasteiger partial charge is 0.369 e. The first kappa shape index (κ1) is 14.2. The third kappa shape index (κ3) is 2.37. The molecule has 0 aliphatic carbocycles. The minimum atomic E-state index is -0.424. The monoisotopic (exact) mass is 319 g/mol. The molecule has 3 rings (SSSR count). The van der Waals surface area contributed by atoms with Crippen LogP contribution in [0.1, 0.15) is 12.5 Å². The second-order valence-corrected chi connectivity index (χ2v) is 6.09. The minimum absolute atomic E-state index is 0.424. The van der Waals surface area contributed by atoms with Gasteiger partial charge in [0, 0.05) is 15.7 Å². The molecule has 0 amide bonds. The van der Waals surface area contributed by atoms with Crippen molar-refractivity contribution >= 4 is 34.8 Å². The summed E-state index contributed by atoms with van der Waals surface area (Å²) in [5.74, 6) is 0.472. The number of hydrogen-bond acceptors (Lipinski definition) is 3. The molecule has 21 heavy (non-hydrogen) atoms. The van der Waals surface area contributed by atoms with E-state index in [9.17, 15) is 0 Å². The van der Waals surface area contributed by atoms with Gasteiger partial charge in [-0.25, -0.2) is 0 Å². The Labute approximate surface area is 134 Å². The quantitative estimate of drug-likeness (QED) is 0.907. The Morgan fingerprint density at radius 1 is 1.14 bits per heavy atom. The van der Waals surface area contributed by atoms with Gasteiger partial charge in [-0.1, -0.05) is 47.5 Å². The van der Waals surface area contributed by atoms with Crippen LogP contribution in [0.5, 0.6) is 0 Å². The molecule has 0 bridgehead atoms. The van der Waals surface area contributed by atoms with E-state index in [1.807, 2.05) is 53.4 Å². The van der Waals surface area contributed by atoms with E-state index in [1.54, 1.807) is 0 Å². The molecule has 0 radical (unpaired) electrons. The predicted molar refractivity (Wildman–Crippen MR) is 89.2 cm³/mol. The maximum Gasteiger partial charge on any atom is 0.196 e. The molecule has 2 N–H and O–H groups in total. The molecule has 0 fully saturated rings. The van der Waals surface area contributed by atoms with E-state index in [2.05, 4.69) is 11.9 Å². The molecule has 3 nitrogen and oxygen atoms in total. The van der Waals surface area contributed by atoms with Crippen LogP contribution < -0.4 is 10.6 Å². The fourth-order valence-corrected chi connectivity index (χ4v) is 3.29. The van der Waals surface area contributed by atoms with Crippen molar-refractivity contribution < 1.29 is 0 Å². The number of aliphatic imine (C=N–C) groups is 1. The van der Waals surface area contributed by atoms with Crippen molar-refractivity contribution in [3.63, 3.8) is 0 Å². The molecule has 0 spiro atoms. The summed E-state index contributed by atoms with van der Waals surface area (Å²) in [7, 11) is 0. The third-order valence-electron chi connectivity index (χ3n) is 3.79. The lowest BCUT2D eigenvalue weighted by atomic mass is 9.90. The highest BCUT2D eigenvalue weighted by Gasteiger charge is 2.41. The number of rotatable bonds is 2. The SMILES string of the molecule is CC1(c2ccccc2Cl)CN=C(N)N1c1cccc(Cl)c1. The number of nitrogens with two attached hydrogens (primary N) is 1. The third-order valence-corrected chi connectivity index (χ3v) is 4.36. The Kier molecular flexibility index (Phi) is 3.56. The van der Waals surface area contributed by atoms with Crippen molar-refractivity contribution in [3.05, 3.63) is 64.1 Å². The summed E-state index contributed by atoms with van der Waals surface area (Å²) < 4.78 is 0. The van der Waals surface area contributed by atoms with E-state index in [-0.39, 0.29) is 0 Å². The van der Waals surface area contributed by atoms with Gasteiger partial charge in [-0.3, -0.25) is 4.99 Å². The van der Waals surface area contributed by atoms with E-state index in [0.717, 1.165) is 11.3 Å². The molecule has 1 atom stereocenters. The van der Waals surface area contributed by atoms with Crippen molar-refractivity contribution in [2.45, 2.75) is 12.5 Å². The zero-order valence-electron chi connectivity index (χ0n) is 11.6. The summed E-state index contributed by atoms with van der Waals surface area (Å²) in [4.78, 5) is 6.40. The van der Waals surface area contributed by atoms with Crippen LogP contribution in [0, 0.1) is 0 Å². The predicted octanol–water partition coefficient (Wildman–Crippen LogP) is 4.04. The molecular formula is C16H15Cl2N3. The molecule has 0 saturated heterocycles. The van der Waals surface area contributed by atoms with E-state index in [4.69, 9.17) is 28.9 Å². The van der Waals surface area contributed by atoms with Crippen LogP contribution in [-0.2, 0) is 5.54 Å². The van der Waals surface area contributed by atoms with Crippen molar-refractivity contribution in [3.8, 4) is 0 Å². The van der Waals surface area contributed by atoms with E-state index >= 15 is 0 Å². The molecule has 5 heteroatoms. The Bertz CT molecular complexity index is 714. The van der Waals surface area contributed by atoms with E-state index in [1.165, 1.54) is 0 Å². The number of benzene rings is 2. The second kappa shape index (κ2) is 5.24. The molecular weight excluding hydrogens is 305 g/mol. The lowest BCUT2D eigenvalue weighted by molar-refractivity contribution is 0.533. The molecule has 0 aromatic heterocycles. The zero-order chi connectivity index (χ0) is 15.0. The van der Waals surface area contributed by atoms with Gasteiger partial charge in [-0.2, -0.15) is 0 Å². The molecule has 0 saturated carbocycles. The van der Waals surface area contributed by atoms with Crippen molar-refractivity contribution in [1.82, 2.24) is 0 Å². The van der Waals surface area contributed by atoms with Gasteiger partial charge in [0.25, 0.3) is 0 Å². The lowest BCUT2D eigenvalue weighted by Crippen LogP contribution is -2.47. The Morgan fingerprint density at radius 2 is 1.90 bits per heavy atom. The molecule has 2 aromatic rings. The van der Waals surface area contributed by atoms with Crippen LogP contribution >= 0.6 is 23.2 Å². The lowest BCUT2D eigenvalue weighted by Gasteiger charge is -2.37. The summed E-state index contributed by atoms with van der Waals surface area (Å²) >= 11 is 12.5. The van der Waals surface area contributed by atoms with Gasteiger partial charge in [0.1, 0.15) is 0 Å². The molecule has 108 valence electrons. The molecule has 1 aliphatic heterocycles. The van der Waals surface area contributed by atoms with Crippen LogP contribution in [0.4, 0.5) is 5.69 Å². The first-order chi connectivity index (χ1) is 10.0. The van der Waals surface area contributed by atoms with Crippen molar-refractivity contribution in [2.24, 2.45) is 10.7 Å². The van der Waals surface area contributed by atoms with Crippen LogP contribution in [0.25, 0.3) is 0 Å².